The van der Waals surface area contributed by atoms with Gasteiger partial charge in [-0.25, -0.2) is 0 Å². The highest BCUT2D eigenvalue weighted by Gasteiger charge is 2.21. The Balaban J connectivity index is 2.07. The molecule has 0 bridgehead atoms. The van der Waals surface area contributed by atoms with E-state index in [1.807, 2.05) is 12.1 Å². The molecule has 3 heteroatoms. The highest BCUT2D eigenvalue weighted by Crippen LogP contribution is 2.32. The Bertz CT molecular complexity index is 310. The van der Waals surface area contributed by atoms with Crippen molar-refractivity contribution in [2.75, 3.05) is 13.7 Å². The standard InChI is InChI=1S/C12H15IO2/c1-14-11-4-2-9(3-5-11)12-8-10(13)6-7-15-12/h2-5,10,12H,6-8H2,1H3/t10-,12+/m0/s1. The molecule has 0 N–H and O–H groups in total. The Hall–Kier alpha value is -0.290. The molecule has 2 atom stereocenters. The molecule has 1 aromatic rings. The smallest absolute Gasteiger partial charge is 0.118 e. The monoisotopic (exact) mass is 318 g/mol. The summed E-state index contributed by atoms with van der Waals surface area (Å²) in [6.07, 6.45) is 2.56. The molecular weight excluding hydrogens is 303 g/mol. The molecule has 0 aromatic heterocycles. The summed E-state index contributed by atoms with van der Waals surface area (Å²) < 4.78 is 11.6. The van der Waals surface area contributed by atoms with E-state index in [-0.39, 0.29) is 6.10 Å². The molecule has 0 unspecified atom stereocenters. The highest BCUT2D eigenvalue weighted by atomic mass is 127. The maximum absolute atomic E-state index is 5.76. The van der Waals surface area contributed by atoms with Gasteiger partial charge in [0, 0.05) is 10.5 Å². The Morgan fingerprint density at radius 3 is 2.67 bits per heavy atom. The van der Waals surface area contributed by atoms with Crippen molar-refractivity contribution in [2.24, 2.45) is 0 Å². The number of alkyl halides is 1. The molecule has 1 heterocycles. The minimum Gasteiger partial charge on any atom is -0.497 e. The number of rotatable bonds is 2. The fraction of sp³-hybridized carbons (Fsp3) is 0.500. The maximum atomic E-state index is 5.76. The maximum Gasteiger partial charge on any atom is 0.118 e. The fourth-order valence-electron chi connectivity index (χ4n) is 1.81. The third kappa shape index (κ3) is 2.84. The number of halogens is 1. The van der Waals surface area contributed by atoms with Gasteiger partial charge >= 0.3 is 0 Å². The number of benzene rings is 1. The Morgan fingerprint density at radius 2 is 2.07 bits per heavy atom. The third-order valence-electron chi connectivity index (χ3n) is 2.71. The van der Waals surface area contributed by atoms with Gasteiger partial charge in [-0.3, -0.25) is 0 Å². The Kier molecular flexibility index (Phi) is 3.86. The van der Waals surface area contributed by atoms with Crippen molar-refractivity contribution in [3.63, 3.8) is 0 Å². The average molecular weight is 318 g/mol. The van der Waals surface area contributed by atoms with Crippen LogP contribution >= 0.6 is 22.6 Å². The molecule has 82 valence electrons. The second kappa shape index (κ2) is 5.16. The number of methoxy groups -OCH3 is 1. The van der Waals surface area contributed by atoms with Gasteiger partial charge < -0.3 is 9.47 Å². The molecule has 1 saturated heterocycles. The molecule has 1 aliphatic rings. The molecule has 2 rings (SSSR count). The fourth-order valence-corrected chi connectivity index (χ4v) is 2.52. The zero-order chi connectivity index (χ0) is 10.7. The van der Waals surface area contributed by atoms with E-state index in [1.165, 1.54) is 12.0 Å². The highest BCUT2D eigenvalue weighted by molar-refractivity contribution is 14.1. The van der Waals surface area contributed by atoms with Crippen LogP contribution in [-0.2, 0) is 4.74 Å². The van der Waals surface area contributed by atoms with Gasteiger partial charge in [0.2, 0.25) is 0 Å². The van der Waals surface area contributed by atoms with Crippen molar-refractivity contribution in [3.8, 4) is 5.75 Å². The molecule has 0 spiro atoms. The SMILES string of the molecule is COc1ccc([C@H]2C[C@@H](I)CCO2)cc1. The molecule has 15 heavy (non-hydrogen) atoms. The number of hydrogen-bond acceptors (Lipinski definition) is 2. The van der Waals surface area contributed by atoms with Gasteiger partial charge in [-0.1, -0.05) is 34.7 Å². The molecular formula is C12H15IO2. The minimum atomic E-state index is 0.270. The topological polar surface area (TPSA) is 18.5 Å². The molecule has 0 radical (unpaired) electrons. The van der Waals surface area contributed by atoms with Crippen LogP contribution in [0, 0.1) is 0 Å². The van der Waals surface area contributed by atoms with Gasteiger partial charge in [-0.2, -0.15) is 0 Å². The molecule has 2 nitrogen and oxygen atoms in total. The van der Waals surface area contributed by atoms with Gasteiger partial charge in [0.05, 0.1) is 13.2 Å². The number of hydrogen-bond donors (Lipinski definition) is 0. The second-order valence-corrected chi connectivity index (χ2v) is 5.52. The van der Waals surface area contributed by atoms with Crippen molar-refractivity contribution in [3.05, 3.63) is 29.8 Å². The number of ether oxygens (including phenoxy) is 2. The van der Waals surface area contributed by atoms with Crippen LogP contribution in [0.5, 0.6) is 5.75 Å². The van der Waals surface area contributed by atoms with E-state index in [4.69, 9.17) is 9.47 Å². The molecule has 1 aromatic carbocycles. The normalized spacial score (nSPS) is 26.3. The largest absolute Gasteiger partial charge is 0.497 e. The van der Waals surface area contributed by atoms with E-state index < -0.39 is 0 Å². The van der Waals surface area contributed by atoms with E-state index in [9.17, 15) is 0 Å². The molecule has 1 aliphatic heterocycles. The third-order valence-corrected chi connectivity index (χ3v) is 3.84. The van der Waals surface area contributed by atoms with Crippen molar-refractivity contribution in [2.45, 2.75) is 22.9 Å². The van der Waals surface area contributed by atoms with E-state index in [2.05, 4.69) is 34.7 Å². The van der Waals surface area contributed by atoms with Crippen LogP contribution in [0.3, 0.4) is 0 Å². The Morgan fingerprint density at radius 1 is 1.33 bits per heavy atom. The van der Waals surface area contributed by atoms with E-state index in [0.29, 0.717) is 0 Å². The summed E-state index contributed by atoms with van der Waals surface area (Å²) in [5, 5.41) is 0. The second-order valence-electron chi connectivity index (χ2n) is 3.75. The summed E-state index contributed by atoms with van der Waals surface area (Å²) in [5.74, 6) is 0.903. The molecule has 0 aliphatic carbocycles. The first kappa shape index (κ1) is 11.2. The average Bonchev–Trinajstić information content (AvgIpc) is 2.29. The minimum absolute atomic E-state index is 0.270. The van der Waals surface area contributed by atoms with Crippen LogP contribution in [-0.4, -0.2) is 17.6 Å². The first-order valence-corrected chi connectivity index (χ1v) is 6.44. The van der Waals surface area contributed by atoms with Gasteiger partial charge in [0.15, 0.2) is 0 Å². The predicted molar refractivity (Wildman–Crippen MR) is 68.7 cm³/mol. The van der Waals surface area contributed by atoms with Crippen LogP contribution in [0.25, 0.3) is 0 Å². The van der Waals surface area contributed by atoms with Crippen LogP contribution in [0.15, 0.2) is 24.3 Å². The molecule has 1 fully saturated rings. The van der Waals surface area contributed by atoms with Crippen LogP contribution in [0.1, 0.15) is 24.5 Å². The lowest BCUT2D eigenvalue weighted by atomic mass is 10.0. The lowest BCUT2D eigenvalue weighted by molar-refractivity contribution is 0.0199. The summed E-state index contributed by atoms with van der Waals surface area (Å²) in [5.41, 5.74) is 1.26. The summed E-state index contributed by atoms with van der Waals surface area (Å²) in [4.78, 5) is 0. The first-order chi connectivity index (χ1) is 7.29. The Labute approximate surface area is 104 Å². The molecule has 0 saturated carbocycles. The summed E-state index contributed by atoms with van der Waals surface area (Å²) >= 11 is 2.51. The molecule has 0 amide bonds. The van der Waals surface area contributed by atoms with E-state index in [1.54, 1.807) is 7.11 Å². The summed E-state index contributed by atoms with van der Waals surface area (Å²) in [7, 11) is 1.69. The lowest BCUT2D eigenvalue weighted by Crippen LogP contribution is -2.19. The van der Waals surface area contributed by atoms with Crippen molar-refractivity contribution >= 4 is 22.6 Å². The van der Waals surface area contributed by atoms with Gasteiger partial charge in [-0.15, -0.1) is 0 Å². The van der Waals surface area contributed by atoms with Crippen molar-refractivity contribution < 1.29 is 9.47 Å². The van der Waals surface area contributed by atoms with Gasteiger partial charge in [-0.05, 0) is 30.5 Å². The first-order valence-electron chi connectivity index (χ1n) is 5.19. The predicted octanol–water partition coefficient (Wildman–Crippen LogP) is 3.35. The summed E-state index contributed by atoms with van der Waals surface area (Å²) in [6.45, 7) is 0.879. The lowest BCUT2D eigenvalue weighted by Gasteiger charge is -2.26. The quantitative estimate of drug-likeness (QED) is 0.615. The van der Waals surface area contributed by atoms with Gasteiger partial charge in [0.1, 0.15) is 5.75 Å². The van der Waals surface area contributed by atoms with Crippen molar-refractivity contribution in [1.29, 1.82) is 0 Å². The van der Waals surface area contributed by atoms with Crippen LogP contribution < -0.4 is 4.74 Å². The zero-order valence-electron chi connectivity index (χ0n) is 8.78. The van der Waals surface area contributed by atoms with Gasteiger partial charge in [0.25, 0.3) is 0 Å². The zero-order valence-corrected chi connectivity index (χ0v) is 10.9. The summed E-state index contributed by atoms with van der Waals surface area (Å²) in [6, 6.07) is 8.18. The van der Waals surface area contributed by atoms with Crippen LogP contribution in [0.4, 0.5) is 0 Å². The van der Waals surface area contributed by atoms with E-state index in [0.717, 1.165) is 22.7 Å². The van der Waals surface area contributed by atoms with E-state index >= 15 is 0 Å². The van der Waals surface area contributed by atoms with Crippen molar-refractivity contribution in [1.82, 2.24) is 0 Å². The van der Waals surface area contributed by atoms with Crippen LogP contribution in [0.2, 0.25) is 0 Å².